The number of rotatable bonds is 5. The van der Waals surface area contributed by atoms with E-state index in [2.05, 4.69) is 14.7 Å². The maximum absolute atomic E-state index is 12.9. The normalized spacial score (nSPS) is 18.3. The highest BCUT2D eigenvalue weighted by molar-refractivity contribution is 7.89. The molecule has 9 heteroatoms. The molecule has 0 N–H and O–H groups in total. The molecule has 2 heterocycles. The number of carbonyl (C=O) groups excluding carboxylic acids is 1. The van der Waals surface area contributed by atoms with Crippen molar-refractivity contribution in [3.8, 4) is 5.88 Å². The fourth-order valence-corrected chi connectivity index (χ4v) is 4.28. The number of hydrogen-bond donors (Lipinski definition) is 0. The summed E-state index contributed by atoms with van der Waals surface area (Å²) < 4.78 is 37.5. The Morgan fingerprint density at radius 1 is 1.23 bits per heavy atom. The Kier molecular flexibility index (Phi) is 5.48. The lowest BCUT2D eigenvalue weighted by Gasteiger charge is -2.31. The van der Waals surface area contributed by atoms with Crippen LogP contribution in [0.4, 0.5) is 0 Å². The summed E-state index contributed by atoms with van der Waals surface area (Å²) in [6.07, 6.45) is 4.12. The smallest absolute Gasteiger partial charge is 0.337 e. The number of nitrogens with zero attached hydrogens (tertiary/aromatic N) is 3. The van der Waals surface area contributed by atoms with E-state index in [1.165, 1.54) is 42.0 Å². The second-order valence-corrected chi connectivity index (χ2v) is 7.75. The average Bonchev–Trinajstić information content (AvgIpc) is 2.68. The third-order valence-corrected chi connectivity index (χ3v) is 5.98. The minimum atomic E-state index is -3.67. The summed E-state index contributed by atoms with van der Waals surface area (Å²) in [5.74, 6) is -0.0862. The predicted molar refractivity (Wildman–Crippen MR) is 92.2 cm³/mol. The molecule has 1 saturated heterocycles. The Morgan fingerprint density at radius 2 is 2.00 bits per heavy atom. The number of carbonyl (C=O) groups is 1. The van der Waals surface area contributed by atoms with Gasteiger partial charge < -0.3 is 9.47 Å². The molecule has 0 spiro atoms. The van der Waals surface area contributed by atoms with Crippen molar-refractivity contribution in [1.82, 2.24) is 14.3 Å². The number of piperidine rings is 1. The van der Waals surface area contributed by atoms with E-state index in [4.69, 9.17) is 4.74 Å². The molecule has 26 heavy (non-hydrogen) atoms. The van der Waals surface area contributed by atoms with Crippen molar-refractivity contribution in [2.75, 3.05) is 20.2 Å². The number of benzene rings is 1. The van der Waals surface area contributed by atoms with Crippen LogP contribution in [0.1, 0.15) is 23.2 Å². The molecule has 3 rings (SSSR count). The van der Waals surface area contributed by atoms with E-state index in [1.807, 2.05) is 0 Å². The van der Waals surface area contributed by atoms with E-state index in [0.717, 1.165) is 6.42 Å². The highest BCUT2D eigenvalue weighted by Crippen LogP contribution is 2.23. The van der Waals surface area contributed by atoms with Crippen LogP contribution in [0.25, 0.3) is 0 Å². The van der Waals surface area contributed by atoms with Crippen LogP contribution in [-0.2, 0) is 14.8 Å². The lowest BCUT2D eigenvalue weighted by molar-refractivity contribution is 0.0600. The zero-order valence-corrected chi connectivity index (χ0v) is 15.1. The number of aromatic nitrogens is 2. The molecule has 8 nitrogen and oxygen atoms in total. The van der Waals surface area contributed by atoms with Crippen LogP contribution in [0, 0.1) is 0 Å². The molecule has 1 atom stereocenters. The minimum Gasteiger partial charge on any atom is -0.473 e. The summed E-state index contributed by atoms with van der Waals surface area (Å²) in [5, 5.41) is 0. The van der Waals surface area contributed by atoms with Gasteiger partial charge in [-0.05, 0) is 37.1 Å². The molecule has 0 radical (unpaired) electrons. The summed E-state index contributed by atoms with van der Waals surface area (Å²) >= 11 is 0. The maximum Gasteiger partial charge on any atom is 0.337 e. The van der Waals surface area contributed by atoms with Crippen molar-refractivity contribution in [1.29, 1.82) is 0 Å². The van der Waals surface area contributed by atoms with Gasteiger partial charge >= 0.3 is 5.97 Å². The van der Waals surface area contributed by atoms with E-state index in [1.54, 1.807) is 12.3 Å². The molecule has 138 valence electrons. The molecule has 1 aromatic heterocycles. The van der Waals surface area contributed by atoms with Gasteiger partial charge in [0.2, 0.25) is 15.9 Å². The SMILES string of the molecule is COC(=O)c1ccc(S(=O)(=O)N2CCCC(Oc3ccncn3)C2)cc1. The van der Waals surface area contributed by atoms with Crippen molar-refractivity contribution in [2.24, 2.45) is 0 Å². The Bertz CT molecular complexity index is 856. The van der Waals surface area contributed by atoms with Gasteiger partial charge in [0.25, 0.3) is 0 Å². The Hall–Kier alpha value is -2.52. The van der Waals surface area contributed by atoms with Crippen LogP contribution in [0.2, 0.25) is 0 Å². The number of hydrogen-bond acceptors (Lipinski definition) is 7. The van der Waals surface area contributed by atoms with Crippen molar-refractivity contribution in [2.45, 2.75) is 23.8 Å². The maximum atomic E-state index is 12.9. The van der Waals surface area contributed by atoms with Crippen molar-refractivity contribution < 1.29 is 22.7 Å². The van der Waals surface area contributed by atoms with E-state index >= 15 is 0 Å². The first-order chi connectivity index (χ1) is 12.5. The van der Waals surface area contributed by atoms with Crippen molar-refractivity contribution >= 4 is 16.0 Å². The summed E-state index contributed by atoms with van der Waals surface area (Å²) in [6.45, 7) is 0.663. The molecule has 0 saturated carbocycles. The van der Waals surface area contributed by atoms with Gasteiger partial charge in [-0.2, -0.15) is 4.31 Å². The van der Waals surface area contributed by atoms with Crippen LogP contribution < -0.4 is 4.74 Å². The van der Waals surface area contributed by atoms with Gasteiger partial charge in [0.1, 0.15) is 12.4 Å². The third kappa shape index (κ3) is 4.00. The number of esters is 1. The van der Waals surface area contributed by atoms with Gasteiger partial charge in [0.15, 0.2) is 0 Å². The zero-order chi connectivity index (χ0) is 18.6. The van der Waals surface area contributed by atoms with E-state index in [0.29, 0.717) is 24.4 Å². The molecular formula is C17H19N3O5S. The molecular weight excluding hydrogens is 358 g/mol. The summed E-state index contributed by atoms with van der Waals surface area (Å²) in [7, 11) is -2.39. The van der Waals surface area contributed by atoms with Gasteiger partial charge in [0, 0.05) is 18.8 Å². The quantitative estimate of drug-likeness (QED) is 0.728. The van der Waals surface area contributed by atoms with Gasteiger partial charge in [-0.3, -0.25) is 0 Å². The van der Waals surface area contributed by atoms with Gasteiger partial charge in [-0.15, -0.1) is 0 Å². The highest BCUT2D eigenvalue weighted by Gasteiger charge is 2.31. The second-order valence-electron chi connectivity index (χ2n) is 5.81. The first kappa shape index (κ1) is 18.3. The van der Waals surface area contributed by atoms with Gasteiger partial charge in [-0.25, -0.2) is 23.2 Å². The topological polar surface area (TPSA) is 98.7 Å². The van der Waals surface area contributed by atoms with E-state index < -0.39 is 16.0 Å². The molecule has 2 aromatic rings. The molecule has 0 aliphatic carbocycles. The van der Waals surface area contributed by atoms with Crippen LogP contribution >= 0.6 is 0 Å². The average molecular weight is 377 g/mol. The molecule has 1 aliphatic rings. The first-order valence-corrected chi connectivity index (χ1v) is 9.56. The summed E-state index contributed by atoms with van der Waals surface area (Å²) in [4.78, 5) is 19.5. The second kappa shape index (κ2) is 7.79. The van der Waals surface area contributed by atoms with Crippen LogP contribution in [0.15, 0.2) is 47.8 Å². The Labute approximate surface area is 151 Å². The Balaban J connectivity index is 1.73. The standard InChI is InChI=1S/C17H19N3O5S/c1-24-17(21)13-4-6-15(7-5-13)26(22,23)20-10-2-3-14(11-20)25-16-8-9-18-12-19-16/h4-9,12,14H,2-3,10-11H2,1H3. The lowest BCUT2D eigenvalue weighted by Crippen LogP contribution is -2.44. The fourth-order valence-electron chi connectivity index (χ4n) is 2.77. The Morgan fingerprint density at radius 3 is 2.65 bits per heavy atom. The minimum absolute atomic E-state index is 0.132. The number of methoxy groups -OCH3 is 1. The fraction of sp³-hybridized carbons (Fsp3) is 0.353. The van der Waals surface area contributed by atoms with Crippen LogP contribution in [0.5, 0.6) is 5.88 Å². The van der Waals surface area contributed by atoms with E-state index in [9.17, 15) is 13.2 Å². The molecule has 0 bridgehead atoms. The zero-order valence-electron chi connectivity index (χ0n) is 14.2. The molecule has 1 unspecified atom stereocenters. The first-order valence-electron chi connectivity index (χ1n) is 8.12. The number of ether oxygens (including phenoxy) is 2. The third-order valence-electron chi connectivity index (χ3n) is 4.10. The van der Waals surface area contributed by atoms with Crippen LogP contribution in [-0.4, -0.2) is 55.0 Å². The summed E-state index contributed by atoms with van der Waals surface area (Å²) in [6, 6.07) is 7.35. The van der Waals surface area contributed by atoms with Crippen molar-refractivity contribution in [3.05, 3.63) is 48.4 Å². The molecule has 1 aromatic carbocycles. The largest absolute Gasteiger partial charge is 0.473 e. The van der Waals surface area contributed by atoms with Gasteiger partial charge in [0.05, 0.1) is 24.1 Å². The highest BCUT2D eigenvalue weighted by atomic mass is 32.2. The molecule has 1 aliphatic heterocycles. The molecule has 0 amide bonds. The van der Waals surface area contributed by atoms with Crippen molar-refractivity contribution in [3.63, 3.8) is 0 Å². The van der Waals surface area contributed by atoms with Gasteiger partial charge in [-0.1, -0.05) is 0 Å². The van der Waals surface area contributed by atoms with Crippen LogP contribution in [0.3, 0.4) is 0 Å². The monoisotopic (exact) mass is 377 g/mol. The number of sulfonamides is 1. The van der Waals surface area contributed by atoms with E-state index in [-0.39, 0.29) is 17.5 Å². The predicted octanol–water partition coefficient (Wildman–Crippen LogP) is 1.50. The molecule has 1 fully saturated rings. The summed E-state index contributed by atoms with van der Waals surface area (Å²) in [5.41, 5.74) is 0.301. The lowest BCUT2D eigenvalue weighted by atomic mass is 10.1.